The molecule has 3 rings (SSSR count). The van der Waals surface area contributed by atoms with E-state index in [1.807, 2.05) is 13.0 Å². The number of fused-ring (bicyclic) bond motifs is 3. The van der Waals surface area contributed by atoms with Crippen LogP contribution < -0.4 is 4.74 Å². The van der Waals surface area contributed by atoms with Gasteiger partial charge in [0.25, 0.3) is 0 Å². The van der Waals surface area contributed by atoms with Gasteiger partial charge in [-0.15, -0.1) is 0 Å². The molecule has 3 nitrogen and oxygen atoms in total. The van der Waals surface area contributed by atoms with Gasteiger partial charge in [0.2, 0.25) is 0 Å². The molecular formula is C18H26O3. The lowest BCUT2D eigenvalue weighted by atomic mass is 9.49. The van der Waals surface area contributed by atoms with E-state index in [1.165, 1.54) is 11.1 Å². The van der Waals surface area contributed by atoms with Crippen molar-refractivity contribution in [2.45, 2.75) is 57.7 Å². The van der Waals surface area contributed by atoms with E-state index in [0.29, 0.717) is 5.92 Å². The van der Waals surface area contributed by atoms with Crippen LogP contribution in [0.5, 0.6) is 5.75 Å². The predicted octanol–water partition coefficient (Wildman–Crippen LogP) is 3.02. The largest absolute Gasteiger partial charge is 0.497 e. The molecule has 2 aliphatic carbocycles. The Morgan fingerprint density at radius 3 is 2.67 bits per heavy atom. The summed E-state index contributed by atoms with van der Waals surface area (Å²) >= 11 is 0. The van der Waals surface area contributed by atoms with Gasteiger partial charge in [-0.3, -0.25) is 0 Å². The van der Waals surface area contributed by atoms with E-state index < -0.39 is 11.7 Å². The van der Waals surface area contributed by atoms with Crippen LogP contribution in [0.4, 0.5) is 0 Å². The number of rotatable bonds is 2. The Bertz CT molecular complexity index is 539. The van der Waals surface area contributed by atoms with Crippen LogP contribution in [-0.4, -0.2) is 23.6 Å². The van der Waals surface area contributed by atoms with Crippen LogP contribution in [0.3, 0.4) is 0 Å². The molecule has 0 heterocycles. The van der Waals surface area contributed by atoms with Crippen LogP contribution in [0.1, 0.15) is 50.7 Å². The van der Waals surface area contributed by atoms with Crippen molar-refractivity contribution in [3.05, 3.63) is 29.3 Å². The van der Waals surface area contributed by atoms with Crippen molar-refractivity contribution in [1.82, 2.24) is 0 Å². The lowest BCUT2D eigenvalue weighted by Crippen LogP contribution is -2.53. The van der Waals surface area contributed by atoms with Gasteiger partial charge in [0.15, 0.2) is 6.29 Å². The van der Waals surface area contributed by atoms with Crippen LogP contribution >= 0.6 is 0 Å². The number of aryl methyl sites for hydroxylation is 1. The minimum Gasteiger partial charge on any atom is -0.497 e. The highest BCUT2D eigenvalue weighted by Crippen LogP contribution is 2.58. The minimum absolute atomic E-state index is 0.0127. The molecule has 0 saturated heterocycles. The molecule has 1 fully saturated rings. The molecule has 1 saturated carbocycles. The van der Waals surface area contributed by atoms with Crippen molar-refractivity contribution < 1.29 is 14.9 Å². The molecule has 2 aliphatic rings. The molecule has 3 unspecified atom stereocenters. The summed E-state index contributed by atoms with van der Waals surface area (Å²) < 4.78 is 5.41. The Morgan fingerprint density at radius 1 is 1.24 bits per heavy atom. The molecule has 0 bridgehead atoms. The van der Waals surface area contributed by atoms with Gasteiger partial charge < -0.3 is 14.9 Å². The Labute approximate surface area is 127 Å². The van der Waals surface area contributed by atoms with Crippen LogP contribution in [-0.2, 0) is 11.8 Å². The molecule has 21 heavy (non-hydrogen) atoms. The molecule has 1 aromatic rings. The summed E-state index contributed by atoms with van der Waals surface area (Å²) in [5.41, 5.74) is 2.35. The summed E-state index contributed by atoms with van der Waals surface area (Å²) in [6.07, 6.45) is 3.85. The van der Waals surface area contributed by atoms with Gasteiger partial charge in [-0.25, -0.2) is 0 Å². The second-order valence-corrected chi connectivity index (χ2v) is 7.26. The molecule has 0 aliphatic heterocycles. The predicted molar refractivity (Wildman–Crippen MR) is 82.3 cm³/mol. The SMILES string of the molecule is COc1ccc2c(c1)C1(C)CCCC(C)(C(O)O)C1CC2. The van der Waals surface area contributed by atoms with Crippen LogP contribution in [0.15, 0.2) is 18.2 Å². The fourth-order valence-electron chi connectivity index (χ4n) is 4.92. The third-order valence-corrected chi connectivity index (χ3v) is 6.20. The first kappa shape index (κ1) is 14.9. The number of aliphatic hydroxyl groups excluding tert-OH is 1. The fraction of sp³-hybridized carbons (Fsp3) is 0.667. The highest BCUT2D eigenvalue weighted by Gasteiger charge is 2.54. The monoisotopic (exact) mass is 290 g/mol. The average Bonchev–Trinajstić information content (AvgIpc) is 2.46. The van der Waals surface area contributed by atoms with E-state index in [2.05, 4.69) is 19.1 Å². The van der Waals surface area contributed by atoms with Crippen molar-refractivity contribution in [1.29, 1.82) is 0 Å². The highest BCUT2D eigenvalue weighted by molar-refractivity contribution is 5.43. The highest BCUT2D eigenvalue weighted by atomic mass is 16.5. The van der Waals surface area contributed by atoms with Crippen molar-refractivity contribution in [3.63, 3.8) is 0 Å². The number of aliphatic hydroxyl groups is 2. The van der Waals surface area contributed by atoms with Gasteiger partial charge in [-0.2, -0.15) is 0 Å². The Kier molecular flexibility index (Phi) is 3.53. The summed E-state index contributed by atoms with van der Waals surface area (Å²) in [6, 6.07) is 6.37. The smallest absolute Gasteiger partial charge is 0.157 e. The van der Waals surface area contributed by atoms with E-state index in [0.717, 1.165) is 37.9 Å². The second-order valence-electron chi connectivity index (χ2n) is 7.26. The molecule has 3 atom stereocenters. The number of benzene rings is 1. The van der Waals surface area contributed by atoms with Crippen molar-refractivity contribution in [2.24, 2.45) is 11.3 Å². The molecule has 1 aromatic carbocycles. The molecule has 3 heteroatoms. The quantitative estimate of drug-likeness (QED) is 0.823. The maximum atomic E-state index is 9.97. The summed E-state index contributed by atoms with van der Waals surface area (Å²) in [5.74, 6) is 1.20. The zero-order chi connectivity index (χ0) is 15.3. The van der Waals surface area contributed by atoms with Crippen molar-refractivity contribution in [3.8, 4) is 5.75 Å². The third-order valence-electron chi connectivity index (χ3n) is 6.20. The van der Waals surface area contributed by atoms with Crippen LogP contribution in [0, 0.1) is 11.3 Å². The first-order chi connectivity index (χ1) is 9.91. The van der Waals surface area contributed by atoms with Gasteiger partial charge in [-0.1, -0.05) is 26.3 Å². The molecule has 116 valence electrons. The molecule has 0 radical (unpaired) electrons. The van der Waals surface area contributed by atoms with Crippen LogP contribution in [0.25, 0.3) is 0 Å². The van der Waals surface area contributed by atoms with Crippen molar-refractivity contribution in [2.75, 3.05) is 7.11 Å². The standard InChI is InChI=1S/C18H26O3/c1-17-9-4-10-18(2,16(19)20)15(17)8-6-12-5-7-13(21-3)11-14(12)17/h5,7,11,15-16,19-20H,4,6,8-10H2,1-3H3. The summed E-state index contributed by atoms with van der Waals surface area (Å²) in [4.78, 5) is 0. The van der Waals surface area contributed by atoms with E-state index in [9.17, 15) is 10.2 Å². The van der Waals surface area contributed by atoms with Gasteiger partial charge in [0, 0.05) is 5.41 Å². The maximum absolute atomic E-state index is 9.97. The molecular weight excluding hydrogens is 264 g/mol. The van der Waals surface area contributed by atoms with E-state index in [4.69, 9.17) is 4.74 Å². The van der Waals surface area contributed by atoms with E-state index >= 15 is 0 Å². The zero-order valence-electron chi connectivity index (χ0n) is 13.2. The van der Waals surface area contributed by atoms with E-state index in [-0.39, 0.29) is 5.41 Å². The first-order valence-electron chi connectivity index (χ1n) is 7.95. The molecule has 2 N–H and O–H groups in total. The second kappa shape index (κ2) is 4.99. The number of hydrogen-bond acceptors (Lipinski definition) is 3. The third kappa shape index (κ3) is 2.09. The lowest BCUT2D eigenvalue weighted by Gasteiger charge is -2.56. The average molecular weight is 290 g/mol. The first-order valence-corrected chi connectivity index (χ1v) is 7.95. The Morgan fingerprint density at radius 2 is 2.00 bits per heavy atom. The van der Waals surface area contributed by atoms with Gasteiger partial charge in [0.05, 0.1) is 7.11 Å². The Hall–Kier alpha value is -1.06. The summed E-state index contributed by atoms with van der Waals surface area (Å²) in [5, 5.41) is 19.9. The molecule has 0 aromatic heterocycles. The van der Waals surface area contributed by atoms with Crippen LogP contribution in [0.2, 0.25) is 0 Å². The normalized spacial score (nSPS) is 35.2. The lowest BCUT2D eigenvalue weighted by molar-refractivity contribution is -0.179. The molecule has 0 amide bonds. The number of ether oxygens (including phenoxy) is 1. The summed E-state index contributed by atoms with van der Waals surface area (Å²) in [6.45, 7) is 4.35. The number of hydrogen-bond donors (Lipinski definition) is 2. The Balaban J connectivity index is 2.10. The fourth-order valence-corrected chi connectivity index (χ4v) is 4.92. The summed E-state index contributed by atoms with van der Waals surface area (Å²) in [7, 11) is 1.70. The van der Waals surface area contributed by atoms with Gasteiger partial charge in [-0.05, 0) is 60.3 Å². The van der Waals surface area contributed by atoms with Crippen molar-refractivity contribution >= 4 is 0 Å². The zero-order valence-corrected chi connectivity index (χ0v) is 13.2. The maximum Gasteiger partial charge on any atom is 0.157 e. The number of methoxy groups -OCH3 is 1. The topological polar surface area (TPSA) is 49.7 Å². The van der Waals surface area contributed by atoms with Gasteiger partial charge >= 0.3 is 0 Å². The minimum atomic E-state index is -1.24. The molecule has 0 spiro atoms. The van der Waals surface area contributed by atoms with Gasteiger partial charge in [0.1, 0.15) is 5.75 Å². The van der Waals surface area contributed by atoms with E-state index in [1.54, 1.807) is 7.11 Å².